The fraction of sp³-hybridized carbons (Fsp3) is 0.350. The summed E-state index contributed by atoms with van der Waals surface area (Å²) >= 11 is 7.56. The number of carbonyl (C=O) groups excluding carboxylic acids is 1. The summed E-state index contributed by atoms with van der Waals surface area (Å²) in [4.78, 5) is 13.1. The van der Waals surface area contributed by atoms with Crippen molar-refractivity contribution in [1.82, 2.24) is 5.32 Å². The second-order valence-electron chi connectivity index (χ2n) is 6.62. The number of halogens is 2. The van der Waals surface area contributed by atoms with Crippen molar-refractivity contribution in [2.75, 3.05) is 6.54 Å². The molecule has 1 heterocycles. The van der Waals surface area contributed by atoms with Crippen LogP contribution in [0, 0.1) is 12.7 Å². The zero-order valence-electron chi connectivity index (χ0n) is 15.5. The van der Waals surface area contributed by atoms with Crippen molar-refractivity contribution in [3.8, 4) is 0 Å². The number of amides is 1. The molecular formula is C20H24ClFN2OS. The van der Waals surface area contributed by atoms with Crippen LogP contribution in [0.1, 0.15) is 47.1 Å². The number of allylic oxidation sites excluding steroid dienone is 2. The molecule has 140 valence electrons. The minimum absolute atomic E-state index is 0.195. The second kappa shape index (κ2) is 8.80. The highest BCUT2D eigenvalue weighted by Crippen LogP contribution is 2.34. The zero-order chi connectivity index (χ0) is 19.4. The largest absolute Gasteiger partial charge is 0.347 e. The summed E-state index contributed by atoms with van der Waals surface area (Å²) in [7, 11) is 0. The predicted molar refractivity (Wildman–Crippen MR) is 108 cm³/mol. The van der Waals surface area contributed by atoms with Gasteiger partial charge in [0, 0.05) is 18.2 Å². The Hall–Kier alpha value is -1.69. The molecule has 6 heteroatoms. The Kier molecular flexibility index (Phi) is 6.98. The molecule has 0 radical (unpaired) electrons. The van der Waals surface area contributed by atoms with Gasteiger partial charge in [-0.2, -0.15) is 0 Å². The number of nitrogens with two attached hydrogens (primary N) is 1. The number of thiophene rings is 1. The summed E-state index contributed by atoms with van der Waals surface area (Å²) in [5, 5.41) is 2.95. The van der Waals surface area contributed by atoms with Crippen molar-refractivity contribution in [3.05, 3.63) is 61.6 Å². The molecule has 3 nitrogen and oxygen atoms in total. The van der Waals surface area contributed by atoms with Gasteiger partial charge in [0.1, 0.15) is 10.2 Å². The minimum Gasteiger partial charge on any atom is -0.347 e. The third-order valence-electron chi connectivity index (χ3n) is 4.39. The van der Waals surface area contributed by atoms with Crippen LogP contribution in [0.25, 0.3) is 5.57 Å². The molecule has 1 aromatic heterocycles. The molecule has 0 bridgehead atoms. The van der Waals surface area contributed by atoms with Gasteiger partial charge in [-0.25, -0.2) is 4.39 Å². The highest BCUT2D eigenvalue weighted by Gasteiger charge is 2.18. The Balaban J connectivity index is 2.13. The van der Waals surface area contributed by atoms with Crippen molar-refractivity contribution >= 4 is 34.4 Å². The average molecular weight is 395 g/mol. The molecule has 0 aliphatic carbocycles. The number of hydrogen-bond acceptors (Lipinski definition) is 3. The molecule has 0 saturated heterocycles. The topological polar surface area (TPSA) is 55.1 Å². The van der Waals surface area contributed by atoms with E-state index in [1.54, 1.807) is 19.1 Å². The quantitative estimate of drug-likeness (QED) is 0.727. The molecular weight excluding hydrogens is 371 g/mol. The van der Waals surface area contributed by atoms with Crippen LogP contribution in [0.15, 0.2) is 29.8 Å². The maximum absolute atomic E-state index is 13.4. The summed E-state index contributed by atoms with van der Waals surface area (Å²) in [5.41, 5.74) is 10.5. The number of carbonyl (C=O) groups is 1. The summed E-state index contributed by atoms with van der Waals surface area (Å²) < 4.78 is 14.0. The minimum atomic E-state index is -0.238. The van der Waals surface area contributed by atoms with E-state index in [1.165, 1.54) is 17.4 Å². The van der Waals surface area contributed by atoms with Gasteiger partial charge >= 0.3 is 0 Å². The first-order valence-electron chi connectivity index (χ1n) is 8.42. The third kappa shape index (κ3) is 4.93. The Morgan fingerprint density at radius 1 is 1.31 bits per heavy atom. The lowest BCUT2D eigenvalue weighted by atomic mass is 10.0. The fourth-order valence-electron chi connectivity index (χ4n) is 2.57. The van der Waals surface area contributed by atoms with Gasteiger partial charge in [-0.05, 0) is 62.9 Å². The van der Waals surface area contributed by atoms with E-state index in [-0.39, 0.29) is 17.8 Å². The van der Waals surface area contributed by atoms with Gasteiger partial charge in [-0.1, -0.05) is 29.3 Å². The molecule has 1 aromatic carbocycles. The molecule has 2 rings (SSSR count). The van der Waals surface area contributed by atoms with Gasteiger partial charge in [-0.15, -0.1) is 11.3 Å². The first-order chi connectivity index (χ1) is 12.2. The second-order valence-corrected chi connectivity index (χ2v) is 8.27. The monoisotopic (exact) mass is 394 g/mol. The van der Waals surface area contributed by atoms with Crippen molar-refractivity contribution in [2.24, 2.45) is 5.73 Å². The summed E-state index contributed by atoms with van der Waals surface area (Å²) in [6.07, 6.45) is 0.544. The van der Waals surface area contributed by atoms with Crippen molar-refractivity contribution in [1.29, 1.82) is 0 Å². The van der Waals surface area contributed by atoms with Crippen molar-refractivity contribution < 1.29 is 9.18 Å². The number of nitrogens with one attached hydrogen (secondary N) is 1. The highest BCUT2D eigenvalue weighted by molar-refractivity contribution is 7.18. The maximum Gasteiger partial charge on any atom is 0.261 e. The molecule has 2 aromatic rings. The molecule has 0 fully saturated rings. The number of benzene rings is 1. The molecule has 1 atom stereocenters. The molecule has 0 spiro atoms. The zero-order valence-corrected chi connectivity index (χ0v) is 17.0. The van der Waals surface area contributed by atoms with Crippen LogP contribution in [0.5, 0.6) is 0 Å². The highest BCUT2D eigenvalue weighted by atomic mass is 35.5. The molecule has 0 saturated carbocycles. The van der Waals surface area contributed by atoms with Gasteiger partial charge in [0.05, 0.1) is 4.88 Å². The summed E-state index contributed by atoms with van der Waals surface area (Å²) in [6, 6.07) is 6.52. The SMILES string of the molecule is CC(C)=C(C)c1cc(C(=O)NC(CN)Cc2ccc(F)c(C)c2)sc1Cl. The van der Waals surface area contributed by atoms with Gasteiger partial charge in [0.25, 0.3) is 5.91 Å². The molecule has 0 aliphatic rings. The molecule has 3 N–H and O–H groups in total. The van der Waals surface area contributed by atoms with Gasteiger partial charge in [0.2, 0.25) is 0 Å². The molecule has 0 aliphatic heterocycles. The smallest absolute Gasteiger partial charge is 0.261 e. The fourth-order valence-corrected chi connectivity index (χ4v) is 3.86. The Bertz CT molecular complexity index is 840. The van der Waals surface area contributed by atoms with E-state index in [0.717, 1.165) is 22.3 Å². The van der Waals surface area contributed by atoms with E-state index in [9.17, 15) is 9.18 Å². The van der Waals surface area contributed by atoms with E-state index >= 15 is 0 Å². The van der Waals surface area contributed by atoms with Gasteiger partial charge in [0.15, 0.2) is 0 Å². The lowest BCUT2D eigenvalue weighted by Gasteiger charge is -2.17. The lowest BCUT2D eigenvalue weighted by Crippen LogP contribution is -2.41. The molecule has 1 amide bonds. The predicted octanol–water partition coefficient (Wildman–Crippen LogP) is 4.96. The van der Waals surface area contributed by atoms with Gasteiger partial charge in [-0.3, -0.25) is 4.79 Å². The van der Waals surface area contributed by atoms with Crippen molar-refractivity contribution in [2.45, 2.75) is 40.2 Å². The Morgan fingerprint density at radius 3 is 2.58 bits per heavy atom. The summed E-state index contributed by atoms with van der Waals surface area (Å²) in [6.45, 7) is 8.03. The first-order valence-corrected chi connectivity index (χ1v) is 9.62. The van der Waals surface area contributed by atoms with Crippen LogP contribution < -0.4 is 11.1 Å². The summed E-state index contributed by atoms with van der Waals surface area (Å²) in [5.74, 6) is -0.434. The standard InChI is InChI=1S/C20H24ClFN2OS/c1-11(2)13(4)16-9-18(26-19(16)21)20(25)24-15(10-23)8-14-5-6-17(22)12(3)7-14/h5-7,9,15H,8,10,23H2,1-4H3,(H,24,25). The molecule has 26 heavy (non-hydrogen) atoms. The van der Waals surface area contributed by atoms with Crippen LogP contribution in [0.4, 0.5) is 4.39 Å². The van der Waals surface area contributed by atoms with Crippen LogP contribution >= 0.6 is 22.9 Å². The van der Waals surface area contributed by atoms with E-state index in [0.29, 0.717) is 27.7 Å². The maximum atomic E-state index is 13.4. The number of hydrogen-bond donors (Lipinski definition) is 2. The lowest BCUT2D eigenvalue weighted by molar-refractivity contribution is 0.0942. The normalized spacial score (nSPS) is 12.0. The first kappa shape index (κ1) is 20.6. The number of rotatable bonds is 6. The van der Waals surface area contributed by atoms with E-state index in [4.69, 9.17) is 17.3 Å². The van der Waals surface area contributed by atoms with E-state index in [1.807, 2.05) is 26.8 Å². The Morgan fingerprint density at radius 2 is 2.00 bits per heavy atom. The van der Waals surface area contributed by atoms with Crippen LogP contribution in [-0.4, -0.2) is 18.5 Å². The average Bonchev–Trinajstić information content (AvgIpc) is 2.98. The Labute approximate surface area is 163 Å². The number of aryl methyl sites for hydroxylation is 1. The van der Waals surface area contributed by atoms with Crippen LogP contribution in [-0.2, 0) is 6.42 Å². The third-order valence-corrected chi connectivity index (χ3v) is 5.75. The van der Waals surface area contributed by atoms with Crippen LogP contribution in [0.2, 0.25) is 4.34 Å². The van der Waals surface area contributed by atoms with Gasteiger partial charge < -0.3 is 11.1 Å². The van der Waals surface area contributed by atoms with Crippen molar-refractivity contribution in [3.63, 3.8) is 0 Å². The van der Waals surface area contributed by atoms with E-state index in [2.05, 4.69) is 5.32 Å². The van der Waals surface area contributed by atoms with E-state index < -0.39 is 0 Å². The van der Waals surface area contributed by atoms with Crippen LogP contribution in [0.3, 0.4) is 0 Å². The molecule has 1 unspecified atom stereocenters.